The predicted octanol–water partition coefficient (Wildman–Crippen LogP) is 3.66. The van der Waals surface area contributed by atoms with Crippen molar-refractivity contribution in [3.8, 4) is 5.75 Å². The number of rotatable bonds is 4. The molecule has 16 heavy (non-hydrogen) atoms. The number of hydrogen-bond acceptors (Lipinski definition) is 2. The van der Waals surface area contributed by atoms with Crippen LogP contribution in [0.4, 0.5) is 8.78 Å². The van der Waals surface area contributed by atoms with Crippen molar-refractivity contribution < 1.29 is 18.3 Å². The van der Waals surface area contributed by atoms with Gasteiger partial charge in [-0.1, -0.05) is 6.92 Å². The standard InChI is InChI=1S/C11H11F2IO2/c1-3-7-4-8(16-11(12)13)5-9(14)10(7)6(2)15/h4-5,11H,3H2,1-2H3. The van der Waals surface area contributed by atoms with Crippen LogP contribution in [0.25, 0.3) is 0 Å². The average Bonchev–Trinajstić information content (AvgIpc) is 2.14. The Balaban J connectivity index is 3.21. The minimum absolute atomic E-state index is 0.0650. The van der Waals surface area contributed by atoms with E-state index in [1.807, 2.05) is 29.5 Å². The van der Waals surface area contributed by atoms with Gasteiger partial charge in [0, 0.05) is 9.13 Å². The Bertz CT molecular complexity index is 405. The van der Waals surface area contributed by atoms with E-state index in [0.29, 0.717) is 15.6 Å². The first kappa shape index (κ1) is 13.3. The van der Waals surface area contributed by atoms with Crippen LogP contribution in [0.15, 0.2) is 12.1 Å². The molecular weight excluding hydrogens is 329 g/mol. The van der Waals surface area contributed by atoms with Gasteiger partial charge in [0.1, 0.15) is 5.75 Å². The molecule has 0 N–H and O–H groups in total. The molecule has 0 saturated heterocycles. The smallest absolute Gasteiger partial charge is 0.387 e. The Labute approximate surface area is 106 Å². The molecule has 0 aromatic heterocycles. The third-order valence-corrected chi connectivity index (χ3v) is 2.95. The Morgan fingerprint density at radius 2 is 2.12 bits per heavy atom. The largest absolute Gasteiger partial charge is 0.435 e. The van der Waals surface area contributed by atoms with Crippen LogP contribution in [0.1, 0.15) is 29.8 Å². The molecule has 1 aromatic rings. The molecule has 0 heterocycles. The molecule has 88 valence electrons. The van der Waals surface area contributed by atoms with Crippen LogP contribution in [0.5, 0.6) is 5.75 Å². The van der Waals surface area contributed by atoms with Gasteiger partial charge in [0.15, 0.2) is 5.78 Å². The lowest BCUT2D eigenvalue weighted by Gasteiger charge is -2.11. The summed E-state index contributed by atoms with van der Waals surface area (Å²) < 4.78 is 29.1. The molecule has 0 atom stereocenters. The number of alkyl halides is 2. The van der Waals surface area contributed by atoms with Crippen LogP contribution >= 0.6 is 22.6 Å². The molecule has 1 aromatic carbocycles. The van der Waals surface area contributed by atoms with Crippen molar-refractivity contribution in [1.82, 2.24) is 0 Å². The molecule has 0 aliphatic heterocycles. The van der Waals surface area contributed by atoms with Crippen LogP contribution in [-0.2, 0) is 6.42 Å². The number of aryl methyl sites for hydroxylation is 1. The molecule has 1 rings (SSSR count). The second kappa shape index (κ2) is 5.56. The summed E-state index contributed by atoms with van der Waals surface area (Å²) in [5, 5.41) is 0. The Morgan fingerprint density at radius 1 is 1.50 bits per heavy atom. The molecule has 0 aliphatic rings. The fraction of sp³-hybridized carbons (Fsp3) is 0.364. The Hall–Kier alpha value is -0.720. The maximum absolute atomic E-state index is 12.1. The highest BCUT2D eigenvalue weighted by Crippen LogP contribution is 2.26. The molecule has 0 saturated carbocycles. The summed E-state index contributed by atoms with van der Waals surface area (Å²) in [4.78, 5) is 11.4. The molecule has 0 unspecified atom stereocenters. The second-order valence-corrected chi connectivity index (χ2v) is 4.39. The minimum atomic E-state index is -2.84. The van der Waals surface area contributed by atoms with E-state index >= 15 is 0 Å². The molecule has 0 amide bonds. The highest BCUT2D eigenvalue weighted by Gasteiger charge is 2.14. The van der Waals surface area contributed by atoms with Gasteiger partial charge in [0.2, 0.25) is 0 Å². The summed E-state index contributed by atoms with van der Waals surface area (Å²) in [6.45, 7) is 0.484. The van der Waals surface area contributed by atoms with Crippen molar-refractivity contribution in [2.45, 2.75) is 26.9 Å². The number of carbonyl (C=O) groups is 1. The van der Waals surface area contributed by atoms with Crippen molar-refractivity contribution in [3.63, 3.8) is 0 Å². The van der Waals surface area contributed by atoms with Crippen molar-refractivity contribution in [1.29, 1.82) is 0 Å². The average molecular weight is 340 g/mol. The topological polar surface area (TPSA) is 26.3 Å². The molecule has 0 bridgehead atoms. The van der Waals surface area contributed by atoms with Crippen molar-refractivity contribution in [3.05, 3.63) is 26.8 Å². The predicted molar refractivity (Wildman–Crippen MR) is 65.2 cm³/mol. The number of hydrogen-bond donors (Lipinski definition) is 0. The van der Waals surface area contributed by atoms with E-state index in [0.717, 1.165) is 5.56 Å². The summed E-state index contributed by atoms with van der Waals surface area (Å²) in [7, 11) is 0. The number of benzene rings is 1. The van der Waals surface area contributed by atoms with Crippen LogP contribution in [0.2, 0.25) is 0 Å². The van der Waals surface area contributed by atoms with E-state index in [4.69, 9.17) is 0 Å². The van der Waals surface area contributed by atoms with Gasteiger partial charge in [0.05, 0.1) is 0 Å². The SMILES string of the molecule is CCc1cc(OC(F)F)cc(I)c1C(C)=O. The summed E-state index contributed by atoms with van der Waals surface area (Å²) in [5.41, 5.74) is 1.32. The lowest BCUT2D eigenvalue weighted by atomic mass is 10.0. The Morgan fingerprint density at radius 3 is 2.56 bits per heavy atom. The van der Waals surface area contributed by atoms with Crippen molar-refractivity contribution in [2.75, 3.05) is 0 Å². The van der Waals surface area contributed by atoms with Gasteiger partial charge in [-0.3, -0.25) is 4.79 Å². The van der Waals surface area contributed by atoms with Gasteiger partial charge in [0.25, 0.3) is 0 Å². The van der Waals surface area contributed by atoms with Gasteiger partial charge < -0.3 is 4.74 Å². The van der Waals surface area contributed by atoms with E-state index < -0.39 is 6.61 Å². The van der Waals surface area contributed by atoms with E-state index in [9.17, 15) is 13.6 Å². The van der Waals surface area contributed by atoms with Crippen molar-refractivity contribution in [2.24, 2.45) is 0 Å². The van der Waals surface area contributed by atoms with Crippen LogP contribution in [-0.4, -0.2) is 12.4 Å². The monoisotopic (exact) mass is 340 g/mol. The fourth-order valence-corrected chi connectivity index (χ4v) is 2.51. The number of carbonyl (C=O) groups excluding carboxylic acids is 1. The summed E-state index contributed by atoms with van der Waals surface area (Å²) in [6.07, 6.45) is 0.603. The third-order valence-electron chi connectivity index (χ3n) is 2.10. The van der Waals surface area contributed by atoms with Gasteiger partial charge in [-0.05, 0) is 53.6 Å². The first-order chi connectivity index (χ1) is 7.45. The zero-order valence-electron chi connectivity index (χ0n) is 8.89. The zero-order valence-corrected chi connectivity index (χ0v) is 11.0. The van der Waals surface area contributed by atoms with E-state index in [1.54, 1.807) is 0 Å². The third kappa shape index (κ3) is 3.13. The molecular formula is C11H11F2IO2. The number of halogens is 3. The minimum Gasteiger partial charge on any atom is -0.435 e. The Kier molecular flexibility index (Phi) is 4.64. The maximum atomic E-state index is 12.1. The highest BCUT2D eigenvalue weighted by molar-refractivity contribution is 14.1. The first-order valence-corrected chi connectivity index (χ1v) is 5.81. The van der Waals surface area contributed by atoms with E-state index in [1.165, 1.54) is 19.1 Å². The quantitative estimate of drug-likeness (QED) is 0.618. The normalized spacial score (nSPS) is 10.6. The van der Waals surface area contributed by atoms with Crippen molar-refractivity contribution >= 4 is 28.4 Å². The molecule has 2 nitrogen and oxygen atoms in total. The van der Waals surface area contributed by atoms with Crippen LogP contribution < -0.4 is 4.74 Å². The van der Waals surface area contributed by atoms with Crippen LogP contribution in [0, 0.1) is 3.57 Å². The zero-order chi connectivity index (χ0) is 12.3. The second-order valence-electron chi connectivity index (χ2n) is 3.23. The molecule has 0 radical (unpaired) electrons. The van der Waals surface area contributed by atoms with E-state index in [2.05, 4.69) is 4.74 Å². The van der Waals surface area contributed by atoms with E-state index in [-0.39, 0.29) is 11.5 Å². The summed E-state index contributed by atoms with van der Waals surface area (Å²) >= 11 is 1.95. The fourth-order valence-electron chi connectivity index (χ4n) is 1.48. The summed E-state index contributed by atoms with van der Waals surface area (Å²) in [6, 6.07) is 2.94. The van der Waals surface area contributed by atoms with Gasteiger partial charge >= 0.3 is 6.61 Å². The van der Waals surface area contributed by atoms with Crippen LogP contribution in [0.3, 0.4) is 0 Å². The number of ether oxygens (including phenoxy) is 1. The first-order valence-electron chi connectivity index (χ1n) is 4.73. The summed E-state index contributed by atoms with van der Waals surface area (Å²) in [5.74, 6) is 0.0334. The molecule has 0 spiro atoms. The van der Waals surface area contributed by atoms with Gasteiger partial charge in [-0.2, -0.15) is 8.78 Å². The van der Waals surface area contributed by atoms with Gasteiger partial charge in [-0.25, -0.2) is 0 Å². The number of Topliss-reactive ketones (excluding diaryl/α,β-unsaturated/α-hetero) is 1. The number of ketones is 1. The highest BCUT2D eigenvalue weighted by atomic mass is 127. The van der Waals surface area contributed by atoms with Gasteiger partial charge in [-0.15, -0.1) is 0 Å². The molecule has 0 fully saturated rings. The molecule has 5 heteroatoms. The lowest BCUT2D eigenvalue weighted by Crippen LogP contribution is -2.06. The lowest BCUT2D eigenvalue weighted by molar-refractivity contribution is -0.0499. The maximum Gasteiger partial charge on any atom is 0.387 e. The molecule has 0 aliphatic carbocycles.